The van der Waals surface area contributed by atoms with E-state index in [2.05, 4.69) is 16.8 Å². The van der Waals surface area contributed by atoms with Crippen molar-refractivity contribution in [1.29, 1.82) is 0 Å². The second-order valence-corrected chi connectivity index (χ2v) is 12.6. The lowest BCUT2D eigenvalue weighted by Gasteiger charge is -2.32. The number of hydrogen-bond donors (Lipinski definition) is 1. The summed E-state index contributed by atoms with van der Waals surface area (Å²) in [5, 5.41) is 13.0. The van der Waals surface area contributed by atoms with E-state index in [0.717, 1.165) is 32.7 Å². The third kappa shape index (κ3) is 7.24. The predicted octanol–water partition coefficient (Wildman–Crippen LogP) is -0.333. The molecule has 46 heavy (non-hydrogen) atoms. The SMILES string of the molecule is CN(C)CCn1c(O)c2ccc3c4c2c(c(=NCCOCCOCCN2CCN(C)CC2)cc-4c(=O)n(CCN(C)C)c3=O)c1=O. The van der Waals surface area contributed by atoms with Crippen LogP contribution in [0.4, 0.5) is 0 Å². The van der Waals surface area contributed by atoms with Crippen molar-refractivity contribution in [2.24, 2.45) is 4.99 Å². The number of likely N-dealkylation sites (N-methyl/N-ethyl adjacent to an activating group) is 3. The monoisotopic (exact) mass is 637 g/mol. The zero-order valence-corrected chi connectivity index (χ0v) is 27.8. The van der Waals surface area contributed by atoms with Gasteiger partial charge in [-0.1, -0.05) is 0 Å². The van der Waals surface area contributed by atoms with Crippen molar-refractivity contribution < 1.29 is 14.6 Å². The number of piperazine rings is 1. The van der Waals surface area contributed by atoms with Crippen LogP contribution in [0.25, 0.3) is 32.7 Å². The molecule has 0 saturated carbocycles. The molecule has 0 unspecified atom stereocenters. The van der Waals surface area contributed by atoms with Crippen LogP contribution >= 0.6 is 0 Å². The van der Waals surface area contributed by atoms with Gasteiger partial charge in [-0.25, -0.2) is 0 Å². The van der Waals surface area contributed by atoms with Gasteiger partial charge in [0, 0.05) is 80.6 Å². The van der Waals surface area contributed by atoms with Crippen LogP contribution in [0.1, 0.15) is 0 Å². The maximum atomic E-state index is 14.0. The lowest BCUT2D eigenvalue weighted by molar-refractivity contribution is 0.0353. The van der Waals surface area contributed by atoms with Gasteiger partial charge in [-0.05, 0) is 53.4 Å². The molecule has 2 aliphatic heterocycles. The molecule has 0 atom stereocenters. The third-order valence-electron chi connectivity index (χ3n) is 8.75. The Kier molecular flexibility index (Phi) is 11.0. The van der Waals surface area contributed by atoms with Gasteiger partial charge in [0.15, 0.2) is 0 Å². The quantitative estimate of drug-likeness (QED) is 0.137. The lowest BCUT2D eigenvalue weighted by Crippen LogP contribution is -2.45. The van der Waals surface area contributed by atoms with E-state index in [1.54, 1.807) is 18.2 Å². The number of benzene rings is 2. The highest BCUT2D eigenvalue weighted by atomic mass is 16.5. The van der Waals surface area contributed by atoms with Crippen LogP contribution < -0.4 is 22.0 Å². The molecule has 0 spiro atoms. The third-order valence-corrected chi connectivity index (χ3v) is 8.75. The molecule has 5 rings (SSSR count). The van der Waals surface area contributed by atoms with Gasteiger partial charge in [-0.3, -0.25) is 33.4 Å². The summed E-state index contributed by atoms with van der Waals surface area (Å²) in [6.07, 6.45) is 0. The molecule has 3 heterocycles. The summed E-state index contributed by atoms with van der Waals surface area (Å²) in [4.78, 5) is 54.6. The molecule has 1 N–H and O–H groups in total. The van der Waals surface area contributed by atoms with Crippen LogP contribution in [-0.4, -0.2) is 148 Å². The first-order valence-corrected chi connectivity index (χ1v) is 16.0. The van der Waals surface area contributed by atoms with Gasteiger partial charge >= 0.3 is 0 Å². The van der Waals surface area contributed by atoms with Crippen molar-refractivity contribution in [3.05, 3.63) is 54.6 Å². The molecule has 13 heteroatoms. The number of nitrogens with zero attached hydrogens (tertiary/aromatic N) is 7. The molecule has 1 aromatic heterocycles. The van der Waals surface area contributed by atoms with Crippen LogP contribution in [0.5, 0.6) is 5.88 Å². The van der Waals surface area contributed by atoms with E-state index in [9.17, 15) is 19.5 Å². The van der Waals surface area contributed by atoms with Crippen molar-refractivity contribution >= 4 is 21.5 Å². The Labute approximate surface area is 268 Å². The Hall–Kier alpha value is -3.46. The molecule has 2 aromatic rings. The van der Waals surface area contributed by atoms with Gasteiger partial charge in [0.25, 0.3) is 16.7 Å². The summed E-state index contributed by atoms with van der Waals surface area (Å²) in [5.74, 6) is -0.195. The van der Waals surface area contributed by atoms with Gasteiger partial charge in [0.05, 0.1) is 49.3 Å². The van der Waals surface area contributed by atoms with Gasteiger partial charge < -0.3 is 29.3 Å². The molecular formula is C33H47N7O6. The lowest BCUT2D eigenvalue weighted by atomic mass is 9.90. The van der Waals surface area contributed by atoms with Crippen LogP contribution in [-0.2, 0) is 22.6 Å². The minimum absolute atomic E-state index is 0.195. The second kappa shape index (κ2) is 15.0. The van der Waals surface area contributed by atoms with E-state index < -0.39 is 16.7 Å². The number of rotatable bonds is 15. The number of aromatic hydroxyl groups is 1. The molecule has 0 radical (unpaired) electrons. The molecule has 0 bridgehead atoms. The minimum Gasteiger partial charge on any atom is -0.494 e. The summed E-state index contributed by atoms with van der Waals surface area (Å²) >= 11 is 0. The maximum Gasteiger partial charge on any atom is 0.263 e. The van der Waals surface area contributed by atoms with Crippen molar-refractivity contribution in [2.45, 2.75) is 13.1 Å². The van der Waals surface area contributed by atoms with Crippen LogP contribution in [0.3, 0.4) is 0 Å². The highest BCUT2D eigenvalue weighted by molar-refractivity contribution is 6.15. The van der Waals surface area contributed by atoms with E-state index in [1.165, 1.54) is 9.13 Å². The molecule has 250 valence electrons. The Morgan fingerprint density at radius 1 is 0.761 bits per heavy atom. The highest BCUT2D eigenvalue weighted by Gasteiger charge is 2.26. The smallest absolute Gasteiger partial charge is 0.263 e. The molecule has 13 nitrogen and oxygen atoms in total. The molecule has 1 fully saturated rings. The highest BCUT2D eigenvalue weighted by Crippen LogP contribution is 2.36. The fourth-order valence-electron chi connectivity index (χ4n) is 6.01. The first-order chi connectivity index (χ1) is 22.1. The summed E-state index contributed by atoms with van der Waals surface area (Å²) in [7, 11) is 9.68. The Balaban J connectivity index is 1.43. The van der Waals surface area contributed by atoms with Crippen LogP contribution in [0.2, 0.25) is 0 Å². The Bertz CT molecular complexity index is 1830. The molecule has 3 aliphatic rings. The second-order valence-electron chi connectivity index (χ2n) is 12.6. The van der Waals surface area contributed by atoms with Crippen LogP contribution in [0, 0.1) is 0 Å². The maximum absolute atomic E-state index is 14.0. The normalized spacial score (nSPS) is 15.6. The fraction of sp³-hybridized carbons (Fsp3) is 0.576. The van der Waals surface area contributed by atoms with Crippen LogP contribution in [0.15, 0.2) is 37.6 Å². The predicted molar refractivity (Wildman–Crippen MR) is 180 cm³/mol. The largest absolute Gasteiger partial charge is 0.494 e. The number of aromatic nitrogens is 2. The fourth-order valence-corrected chi connectivity index (χ4v) is 6.01. The number of pyridine rings is 2. The molecule has 1 saturated heterocycles. The number of hydrogen-bond acceptors (Lipinski definition) is 11. The molecular weight excluding hydrogens is 590 g/mol. The van der Waals surface area contributed by atoms with Gasteiger partial charge in [-0.15, -0.1) is 0 Å². The Morgan fingerprint density at radius 2 is 1.39 bits per heavy atom. The van der Waals surface area contributed by atoms with Crippen molar-refractivity contribution in [3.8, 4) is 17.0 Å². The first-order valence-electron chi connectivity index (χ1n) is 16.0. The van der Waals surface area contributed by atoms with Crippen molar-refractivity contribution in [3.63, 3.8) is 0 Å². The van der Waals surface area contributed by atoms with E-state index >= 15 is 0 Å². The Morgan fingerprint density at radius 3 is 2.07 bits per heavy atom. The van der Waals surface area contributed by atoms with E-state index in [1.807, 2.05) is 38.0 Å². The summed E-state index contributed by atoms with van der Waals surface area (Å²) < 4.78 is 14.1. The minimum atomic E-state index is -0.438. The topological polar surface area (TPSA) is 125 Å². The summed E-state index contributed by atoms with van der Waals surface area (Å²) in [5.41, 5.74) is -0.586. The van der Waals surface area contributed by atoms with E-state index in [0.29, 0.717) is 72.2 Å². The zero-order chi connectivity index (χ0) is 33.0. The summed E-state index contributed by atoms with van der Waals surface area (Å²) in [6, 6.07) is 4.91. The first kappa shape index (κ1) is 33.9. The average Bonchev–Trinajstić information content (AvgIpc) is 3.02. The number of ether oxygens (including phenoxy) is 2. The van der Waals surface area contributed by atoms with Crippen molar-refractivity contribution in [1.82, 2.24) is 28.7 Å². The van der Waals surface area contributed by atoms with Gasteiger partial charge in [-0.2, -0.15) is 0 Å². The average molecular weight is 638 g/mol. The van der Waals surface area contributed by atoms with Crippen molar-refractivity contribution in [2.75, 3.05) is 114 Å². The zero-order valence-electron chi connectivity index (χ0n) is 27.8. The van der Waals surface area contributed by atoms with E-state index in [4.69, 9.17) is 14.5 Å². The van der Waals surface area contributed by atoms with Gasteiger partial charge in [0.2, 0.25) is 5.88 Å². The van der Waals surface area contributed by atoms with Gasteiger partial charge in [0.1, 0.15) is 0 Å². The standard InChI is InChI=1S/C33H47N7O6/c1-35(2)9-15-39-30(41)23-6-7-24-28-27(23)25(32(39)43)22-26(29(28)33(44)40(31(24)42)16-10-36(3)4)34-8-18-45-20-21-46-19-17-38-13-11-37(5)12-14-38/h6-7,22,42H,8-21H2,1-5H3. The molecule has 1 aliphatic carbocycles. The molecule has 0 amide bonds. The summed E-state index contributed by atoms with van der Waals surface area (Å²) in [6.45, 7) is 8.81. The molecule has 1 aromatic carbocycles. The van der Waals surface area contributed by atoms with E-state index in [-0.39, 0.29) is 30.9 Å².